The van der Waals surface area contributed by atoms with E-state index in [-0.39, 0.29) is 24.2 Å². The normalized spacial score (nSPS) is 14.1. The third-order valence-corrected chi connectivity index (χ3v) is 8.28. The van der Waals surface area contributed by atoms with E-state index in [0.29, 0.717) is 43.2 Å². The number of anilines is 1. The van der Waals surface area contributed by atoms with Gasteiger partial charge in [0.05, 0.1) is 30.7 Å². The maximum atomic E-state index is 13.9. The highest BCUT2D eigenvalue weighted by Gasteiger charge is 2.41. The van der Waals surface area contributed by atoms with Gasteiger partial charge in [-0.1, -0.05) is 31.2 Å². The largest absolute Gasteiger partial charge is 0.465 e. The van der Waals surface area contributed by atoms with Crippen molar-refractivity contribution in [3.05, 3.63) is 94.8 Å². The van der Waals surface area contributed by atoms with Crippen LogP contribution in [0.2, 0.25) is 0 Å². The molecule has 5 N–H and O–H groups in total. The molecule has 1 aliphatic rings. The van der Waals surface area contributed by atoms with Gasteiger partial charge in [0.1, 0.15) is 17.2 Å². The Hall–Kier alpha value is -5.03. The summed E-state index contributed by atoms with van der Waals surface area (Å²) in [4.78, 5) is 48.8. The number of nitrogens with zero attached hydrogens (tertiary/aromatic N) is 2. The number of aryl methyl sites for hydroxylation is 1. The van der Waals surface area contributed by atoms with Crippen molar-refractivity contribution in [3.8, 4) is 0 Å². The maximum Gasteiger partial charge on any atom is 0.319 e. The van der Waals surface area contributed by atoms with Crippen LogP contribution in [-0.2, 0) is 26.4 Å². The van der Waals surface area contributed by atoms with E-state index in [9.17, 15) is 14.4 Å². The van der Waals surface area contributed by atoms with Crippen LogP contribution >= 0.6 is 0 Å². The van der Waals surface area contributed by atoms with Crippen LogP contribution in [0.3, 0.4) is 0 Å². The van der Waals surface area contributed by atoms with Crippen LogP contribution in [0.1, 0.15) is 66.0 Å². The molecule has 11 nitrogen and oxygen atoms in total. The first-order valence-corrected chi connectivity index (χ1v) is 15.7. The van der Waals surface area contributed by atoms with Gasteiger partial charge in [-0.25, -0.2) is 4.98 Å². The van der Waals surface area contributed by atoms with Gasteiger partial charge in [-0.05, 0) is 86.7 Å². The number of ether oxygens (including phenoxy) is 1. The van der Waals surface area contributed by atoms with Crippen LogP contribution in [0.25, 0.3) is 11.0 Å². The van der Waals surface area contributed by atoms with Crippen molar-refractivity contribution in [2.24, 2.45) is 0 Å². The number of amidine groups is 1. The molecule has 0 radical (unpaired) electrons. The van der Waals surface area contributed by atoms with Crippen molar-refractivity contribution in [1.82, 2.24) is 25.5 Å². The van der Waals surface area contributed by atoms with E-state index in [0.717, 1.165) is 47.1 Å². The second kappa shape index (κ2) is 14.4. The summed E-state index contributed by atoms with van der Waals surface area (Å²) in [5.41, 5.74) is 3.98. The first kappa shape index (κ1) is 32.4. The first-order chi connectivity index (χ1) is 22.2. The second-order valence-corrected chi connectivity index (χ2v) is 11.6. The molecule has 4 aromatic rings. The highest BCUT2D eigenvalue weighted by Crippen LogP contribution is 2.32. The van der Waals surface area contributed by atoms with Crippen LogP contribution in [0, 0.1) is 12.3 Å². The number of imidazole rings is 1. The number of carbonyl (C=O) groups excluding carboxylic acids is 3. The molecule has 5 rings (SSSR count). The number of aromatic nitrogens is 2. The molecule has 0 spiro atoms. The molecular weight excluding hydrogens is 582 g/mol. The molecule has 3 aromatic carbocycles. The summed E-state index contributed by atoms with van der Waals surface area (Å²) in [5.74, 6) is -0.0557. The summed E-state index contributed by atoms with van der Waals surface area (Å²) in [6.45, 7) is 7.78. The molecule has 1 atom stereocenters. The lowest BCUT2D eigenvalue weighted by atomic mass is 9.86. The third-order valence-electron chi connectivity index (χ3n) is 8.28. The van der Waals surface area contributed by atoms with E-state index in [1.807, 2.05) is 56.0 Å². The summed E-state index contributed by atoms with van der Waals surface area (Å²) >= 11 is 0. The van der Waals surface area contributed by atoms with Crippen LogP contribution in [0.4, 0.5) is 5.69 Å². The standard InChI is InChI=1S/C35H41N7O4/c1-4-20-46-30(43)22-38-35(3,34(45)42-18-8-9-19-42)27-16-17-28-31(23(27)2)40-29(39-28)21-37-26-14-12-24(13-15-26)32(36)41-33(44)25-10-6-5-7-11-25/h5-7,10-17,37-38H,4,8-9,18-22H2,1-3H3,(H,39,40)(H2,36,41,44). The number of esters is 1. The Bertz CT molecular complexity index is 1710. The predicted molar refractivity (Wildman–Crippen MR) is 178 cm³/mol. The fourth-order valence-corrected chi connectivity index (χ4v) is 5.72. The molecule has 2 heterocycles. The molecule has 1 aliphatic heterocycles. The van der Waals surface area contributed by atoms with Crippen LogP contribution in [-0.4, -0.2) is 64.7 Å². The maximum absolute atomic E-state index is 13.9. The lowest BCUT2D eigenvalue weighted by molar-refractivity contribution is -0.144. The number of fused-ring (bicyclic) bond motifs is 1. The van der Waals surface area contributed by atoms with E-state index < -0.39 is 11.5 Å². The second-order valence-electron chi connectivity index (χ2n) is 11.6. The first-order valence-electron chi connectivity index (χ1n) is 15.7. The Morgan fingerprint density at radius 1 is 1.00 bits per heavy atom. The van der Waals surface area contributed by atoms with E-state index in [2.05, 4.69) is 20.9 Å². The minimum absolute atomic E-state index is 0.0199. The van der Waals surface area contributed by atoms with E-state index in [1.165, 1.54) is 0 Å². The number of hydrogen-bond donors (Lipinski definition) is 5. The zero-order valence-electron chi connectivity index (χ0n) is 26.5. The topological polar surface area (TPSA) is 152 Å². The molecule has 11 heteroatoms. The van der Waals surface area contributed by atoms with Crippen molar-refractivity contribution >= 4 is 40.3 Å². The van der Waals surface area contributed by atoms with Crippen LogP contribution < -0.4 is 16.0 Å². The molecule has 0 saturated carbocycles. The van der Waals surface area contributed by atoms with Gasteiger partial charge >= 0.3 is 5.97 Å². The summed E-state index contributed by atoms with van der Waals surface area (Å²) in [6, 6.07) is 19.9. The molecule has 1 saturated heterocycles. The fraction of sp³-hybridized carbons (Fsp3) is 0.343. The lowest BCUT2D eigenvalue weighted by Crippen LogP contribution is -2.54. The number of likely N-dealkylation sites (tertiary alicyclic amines) is 1. The van der Waals surface area contributed by atoms with Gasteiger partial charge in [-0.3, -0.25) is 25.1 Å². The van der Waals surface area contributed by atoms with Crippen molar-refractivity contribution in [2.75, 3.05) is 31.6 Å². The molecular formula is C35H41N7O4. The van der Waals surface area contributed by atoms with Crippen molar-refractivity contribution < 1.29 is 19.1 Å². The third kappa shape index (κ3) is 7.26. The molecule has 1 fully saturated rings. The molecule has 1 unspecified atom stereocenters. The number of hydrogen-bond acceptors (Lipinski definition) is 8. The zero-order chi connectivity index (χ0) is 32.7. The van der Waals surface area contributed by atoms with E-state index in [4.69, 9.17) is 15.1 Å². The Morgan fingerprint density at radius 3 is 2.41 bits per heavy atom. The van der Waals surface area contributed by atoms with Crippen molar-refractivity contribution in [1.29, 1.82) is 5.41 Å². The van der Waals surface area contributed by atoms with Crippen molar-refractivity contribution in [3.63, 3.8) is 0 Å². The monoisotopic (exact) mass is 623 g/mol. The quantitative estimate of drug-likeness (QED) is 0.0877. The number of aromatic amines is 1. The van der Waals surface area contributed by atoms with Gasteiger partial charge in [0.15, 0.2) is 0 Å². The lowest BCUT2D eigenvalue weighted by Gasteiger charge is -2.35. The predicted octanol–water partition coefficient (Wildman–Crippen LogP) is 4.62. The molecule has 2 amide bonds. The Balaban J connectivity index is 1.28. The summed E-state index contributed by atoms with van der Waals surface area (Å²) in [6.07, 6.45) is 2.65. The minimum atomic E-state index is -1.14. The van der Waals surface area contributed by atoms with Crippen LogP contribution in [0.5, 0.6) is 0 Å². The number of H-pyrrole nitrogens is 1. The van der Waals surface area contributed by atoms with Gasteiger partial charge in [-0.15, -0.1) is 0 Å². The molecule has 0 bridgehead atoms. The Morgan fingerprint density at radius 2 is 1.72 bits per heavy atom. The van der Waals surface area contributed by atoms with E-state index >= 15 is 0 Å². The number of rotatable bonds is 12. The van der Waals surface area contributed by atoms with Gasteiger partial charge < -0.3 is 25.3 Å². The van der Waals surface area contributed by atoms with Crippen LogP contribution in [0.15, 0.2) is 66.7 Å². The number of benzene rings is 3. The molecule has 240 valence electrons. The number of amides is 2. The molecule has 1 aromatic heterocycles. The number of nitrogens with one attached hydrogen (secondary N) is 5. The smallest absolute Gasteiger partial charge is 0.319 e. The summed E-state index contributed by atoms with van der Waals surface area (Å²) < 4.78 is 5.27. The van der Waals surface area contributed by atoms with E-state index in [1.54, 1.807) is 36.4 Å². The average molecular weight is 624 g/mol. The Kier molecular flexibility index (Phi) is 10.1. The summed E-state index contributed by atoms with van der Waals surface area (Å²) in [5, 5.41) is 17.5. The van der Waals surface area contributed by atoms with Gasteiger partial charge in [0.25, 0.3) is 5.91 Å². The van der Waals surface area contributed by atoms with Gasteiger partial charge in [0.2, 0.25) is 5.91 Å². The SMILES string of the molecule is CCCOC(=O)CNC(C)(C(=O)N1CCCC1)c1ccc2[nH]c(CNc3ccc(C(=N)NC(=O)c4ccccc4)cc3)nc2c1C. The van der Waals surface area contributed by atoms with Gasteiger partial charge in [0, 0.05) is 29.9 Å². The number of carbonyl (C=O) groups is 3. The Labute approximate surface area is 268 Å². The fourth-order valence-electron chi connectivity index (χ4n) is 5.72. The highest BCUT2D eigenvalue weighted by atomic mass is 16.5. The minimum Gasteiger partial charge on any atom is -0.465 e. The molecule has 0 aliphatic carbocycles. The average Bonchev–Trinajstić information content (AvgIpc) is 3.77. The highest BCUT2D eigenvalue weighted by molar-refractivity contribution is 6.11. The zero-order valence-corrected chi connectivity index (χ0v) is 26.5. The molecule has 46 heavy (non-hydrogen) atoms. The summed E-state index contributed by atoms with van der Waals surface area (Å²) in [7, 11) is 0. The van der Waals surface area contributed by atoms with Crippen molar-refractivity contribution in [2.45, 2.75) is 52.1 Å². The van der Waals surface area contributed by atoms with Gasteiger partial charge in [-0.2, -0.15) is 0 Å².